The van der Waals surface area contributed by atoms with E-state index in [4.69, 9.17) is 14.2 Å². The van der Waals surface area contributed by atoms with Crippen LogP contribution in [0.3, 0.4) is 0 Å². The van der Waals surface area contributed by atoms with Crippen molar-refractivity contribution >= 4 is 11.9 Å². The molecule has 1 aliphatic rings. The van der Waals surface area contributed by atoms with E-state index in [9.17, 15) is 30.0 Å². The Bertz CT molecular complexity index is 585. The molecule has 0 aliphatic carbocycles. The Balaban J connectivity index is 2.72. The molecule has 9 nitrogen and oxygen atoms in total. The van der Waals surface area contributed by atoms with Gasteiger partial charge in [0.15, 0.2) is 6.29 Å². The largest absolute Gasteiger partial charge is 0.481 e. The predicted molar refractivity (Wildman–Crippen MR) is 131 cm³/mol. The highest BCUT2D eigenvalue weighted by Gasteiger charge is 2.43. The van der Waals surface area contributed by atoms with E-state index < -0.39 is 54.9 Å². The summed E-state index contributed by atoms with van der Waals surface area (Å²) in [6.45, 7) is 5.82. The number of esters is 1. The lowest BCUT2D eigenvalue weighted by atomic mass is 9.99. The number of carbonyl (C=O) groups excluding carboxylic acids is 1. The highest BCUT2D eigenvalue weighted by atomic mass is 16.7. The van der Waals surface area contributed by atoms with Crippen molar-refractivity contribution in [2.24, 2.45) is 0 Å². The van der Waals surface area contributed by atoms with Crippen molar-refractivity contribution in [2.75, 3.05) is 0 Å². The fourth-order valence-electron chi connectivity index (χ4n) is 4.30. The molecule has 0 amide bonds. The monoisotopic (exact) mass is 504 g/mol. The average molecular weight is 505 g/mol. The number of carbonyl (C=O) groups is 2. The van der Waals surface area contributed by atoms with Crippen LogP contribution in [0.5, 0.6) is 0 Å². The number of hydrogen-bond acceptors (Lipinski definition) is 8. The minimum absolute atomic E-state index is 0.112. The van der Waals surface area contributed by atoms with Crippen LogP contribution in [0.4, 0.5) is 0 Å². The maximum atomic E-state index is 12.7. The lowest BCUT2D eigenvalue weighted by molar-refractivity contribution is -0.304. The summed E-state index contributed by atoms with van der Waals surface area (Å²) in [6, 6.07) is 0. The zero-order chi connectivity index (χ0) is 26.2. The first kappa shape index (κ1) is 31.8. The van der Waals surface area contributed by atoms with Crippen molar-refractivity contribution in [3.63, 3.8) is 0 Å². The standard InChI is InChI=1S/C26H48O9/c1-4-6-8-10-12-14-19(16-21(27)28)34-22(29)17-20(15-13-11-9-7-5-2)35-26-25(32)24(31)23(30)18(3)33-26/h18-20,23-26,30-32H,4-17H2,1-3H3,(H,27,28)/t18-,19?,20?,23?,24?,25?,26?/m1/s1. The summed E-state index contributed by atoms with van der Waals surface area (Å²) in [4.78, 5) is 24.0. The van der Waals surface area contributed by atoms with Gasteiger partial charge in [-0.2, -0.15) is 0 Å². The second-order valence-electron chi connectivity index (χ2n) is 9.76. The minimum atomic E-state index is -1.46. The molecular weight excluding hydrogens is 456 g/mol. The third-order valence-electron chi connectivity index (χ3n) is 6.49. The van der Waals surface area contributed by atoms with Gasteiger partial charge in [-0.15, -0.1) is 0 Å². The summed E-state index contributed by atoms with van der Waals surface area (Å²) in [7, 11) is 0. The van der Waals surface area contributed by atoms with Gasteiger partial charge >= 0.3 is 11.9 Å². The van der Waals surface area contributed by atoms with Crippen molar-refractivity contribution in [3.05, 3.63) is 0 Å². The number of hydrogen-bond donors (Lipinski definition) is 4. The molecule has 0 radical (unpaired) electrons. The molecule has 0 saturated carbocycles. The van der Waals surface area contributed by atoms with Gasteiger partial charge in [-0.05, 0) is 26.2 Å². The molecule has 0 aromatic heterocycles. The van der Waals surface area contributed by atoms with Gasteiger partial charge < -0.3 is 34.6 Å². The molecule has 0 bridgehead atoms. The Morgan fingerprint density at radius 1 is 0.771 bits per heavy atom. The summed E-state index contributed by atoms with van der Waals surface area (Å²) in [5, 5.41) is 39.5. The molecule has 35 heavy (non-hydrogen) atoms. The van der Waals surface area contributed by atoms with Crippen molar-refractivity contribution in [3.8, 4) is 0 Å². The Labute approximate surface area is 210 Å². The molecule has 1 saturated heterocycles. The smallest absolute Gasteiger partial charge is 0.308 e. The number of unbranched alkanes of at least 4 members (excludes halogenated alkanes) is 8. The van der Waals surface area contributed by atoms with Gasteiger partial charge in [0, 0.05) is 0 Å². The van der Waals surface area contributed by atoms with Crippen LogP contribution < -0.4 is 0 Å². The third-order valence-corrected chi connectivity index (χ3v) is 6.49. The summed E-state index contributed by atoms with van der Waals surface area (Å²) in [5.74, 6) is -1.57. The van der Waals surface area contributed by atoms with Crippen molar-refractivity contribution < 1.29 is 44.2 Å². The first-order valence-electron chi connectivity index (χ1n) is 13.5. The zero-order valence-electron chi connectivity index (χ0n) is 21.8. The molecular formula is C26H48O9. The molecule has 1 heterocycles. The number of carboxylic acids is 1. The molecule has 1 aliphatic heterocycles. The first-order valence-corrected chi connectivity index (χ1v) is 13.5. The lowest BCUT2D eigenvalue weighted by Crippen LogP contribution is -2.58. The van der Waals surface area contributed by atoms with E-state index in [1.54, 1.807) is 6.92 Å². The summed E-state index contributed by atoms with van der Waals surface area (Å²) in [5.41, 5.74) is 0. The van der Waals surface area contributed by atoms with Crippen LogP contribution in [-0.4, -0.2) is 75.3 Å². The van der Waals surface area contributed by atoms with E-state index in [0.717, 1.165) is 64.2 Å². The van der Waals surface area contributed by atoms with Crippen LogP contribution in [0.2, 0.25) is 0 Å². The van der Waals surface area contributed by atoms with Crippen molar-refractivity contribution in [2.45, 2.75) is 154 Å². The highest BCUT2D eigenvalue weighted by Crippen LogP contribution is 2.25. The molecule has 1 fully saturated rings. The number of aliphatic hydroxyl groups excluding tert-OH is 3. The number of aliphatic carboxylic acids is 1. The minimum Gasteiger partial charge on any atom is -0.481 e. The highest BCUT2D eigenvalue weighted by molar-refractivity contribution is 5.72. The van der Waals surface area contributed by atoms with Crippen LogP contribution in [0, 0.1) is 0 Å². The van der Waals surface area contributed by atoms with E-state index in [0.29, 0.717) is 12.8 Å². The van der Waals surface area contributed by atoms with Gasteiger partial charge in [-0.25, -0.2) is 0 Å². The van der Waals surface area contributed by atoms with Crippen LogP contribution in [0.1, 0.15) is 111 Å². The van der Waals surface area contributed by atoms with Gasteiger partial charge in [0.25, 0.3) is 0 Å². The molecule has 0 aromatic rings. The Morgan fingerprint density at radius 3 is 1.86 bits per heavy atom. The Kier molecular flexibility index (Phi) is 16.4. The van der Waals surface area contributed by atoms with E-state index in [1.807, 2.05) is 0 Å². The van der Waals surface area contributed by atoms with Crippen LogP contribution in [0.25, 0.3) is 0 Å². The zero-order valence-corrected chi connectivity index (χ0v) is 21.8. The topological polar surface area (TPSA) is 143 Å². The van der Waals surface area contributed by atoms with Gasteiger partial charge in [0.05, 0.1) is 25.0 Å². The molecule has 0 aromatic carbocycles. The summed E-state index contributed by atoms with van der Waals surface area (Å²) < 4.78 is 17.0. The molecule has 206 valence electrons. The van der Waals surface area contributed by atoms with Crippen LogP contribution in [-0.2, 0) is 23.8 Å². The normalized spacial score (nSPS) is 26.3. The van der Waals surface area contributed by atoms with Gasteiger partial charge in [0.1, 0.15) is 24.4 Å². The SMILES string of the molecule is CCCCCCCC(CC(=O)O)OC(=O)CC(CCCCCCC)OC1O[C@H](C)C(O)C(O)C1O. The maximum Gasteiger partial charge on any atom is 0.308 e. The van der Waals surface area contributed by atoms with Gasteiger partial charge in [0.2, 0.25) is 0 Å². The predicted octanol–water partition coefficient (Wildman–Crippen LogP) is 3.70. The van der Waals surface area contributed by atoms with E-state index >= 15 is 0 Å². The Morgan fingerprint density at radius 2 is 1.31 bits per heavy atom. The molecule has 0 spiro atoms. The van der Waals surface area contributed by atoms with Crippen LogP contribution in [0.15, 0.2) is 0 Å². The molecule has 6 unspecified atom stereocenters. The van der Waals surface area contributed by atoms with Crippen molar-refractivity contribution in [1.29, 1.82) is 0 Å². The quantitative estimate of drug-likeness (QED) is 0.153. The molecule has 4 N–H and O–H groups in total. The lowest BCUT2D eigenvalue weighted by Gasteiger charge is -2.40. The van der Waals surface area contributed by atoms with Crippen molar-refractivity contribution in [1.82, 2.24) is 0 Å². The van der Waals surface area contributed by atoms with Crippen LogP contribution >= 0.6 is 0 Å². The Hall–Kier alpha value is -1.26. The molecule has 1 rings (SSSR count). The number of ether oxygens (including phenoxy) is 3. The number of aliphatic hydroxyl groups is 3. The first-order chi connectivity index (χ1) is 16.7. The second-order valence-corrected chi connectivity index (χ2v) is 9.76. The van der Waals surface area contributed by atoms with E-state index in [-0.39, 0.29) is 12.8 Å². The fourth-order valence-corrected chi connectivity index (χ4v) is 4.30. The van der Waals surface area contributed by atoms with E-state index in [1.165, 1.54) is 0 Å². The summed E-state index contributed by atoms with van der Waals surface area (Å²) in [6.07, 6.45) is 3.42. The number of carboxylic acid groups (broad SMARTS) is 1. The molecule has 7 atom stereocenters. The molecule has 9 heteroatoms. The number of rotatable bonds is 19. The van der Waals surface area contributed by atoms with Gasteiger partial charge in [-0.1, -0.05) is 71.6 Å². The maximum absolute atomic E-state index is 12.7. The fraction of sp³-hybridized carbons (Fsp3) is 0.923. The second kappa shape index (κ2) is 18.1. The summed E-state index contributed by atoms with van der Waals surface area (Å²) >= 11 is 0. The third kappa shape index (κ3) is 13.0. The average Bonchev–Trinajstić information content (AvgIpc) is 2.80. The van der Waals surface area contributed by atoms with Gasteiger partial charge in [-0.3, -0.25) is 9.59 Å². The van der Waals surface area contributed by atoms with E-state index in [2.05, 4.69) is 13.8 Å².